The van der Waals surface area contributed by atoms with E-state index in [0.717, 1.165) is 5.57 Å². The summed E-state index contributed by atoms with van der Waals surface area (Å²) in [7, 11) is 0. The average Bonchev–Trinajstić information content (AvgIpc) is 2.00. The van der Waals surface area contributed by atoms with Crippen molar-refractivity contribution in [1.82, 2.24) is 0 Å². The molecule has 0 aromatic carbocycles. The van der Waals surface area contributed by atoms with Crippen molar-refractivity contribution >= 4 is 18.2 Å². The number of halogens is 1. The molecule has 0 aromatic rings. The van der Waals surface area contributed by atoms with Crippen LogP contribution in [0.3, 0.4) is 0 Å². The average molecular weight is 241 g/mol. The van der Waals surface area contributed by atoms with E-state index < -0.39 is 6.95 Å². The summed E-state index contributed by atoms with van der Waals surface area (Å²) in [6.45, 7) is 6.72. The Hall–Kier alpha value is 0.180. The highest BCUT2D eigenvalue weighted by Crippen LogP contribution is 2.53. The van der Waals surface area contributed by atoms with E-state index in [1.807, 2.05) is 20.8 Å². The monoisotopic (exact) mass is 240 g/mol. The minimum atomic E-state index is -3.37. The molecule has 84 valence electrons. The fourth-order valence-corrected chi connectivity index (χ4v) is 1.84. The van der Waals surface area contributed by atoms with Crippen LogP contribution >= 0.6 is 18.2 Å². The first-order valence-corrected chi connectivity index (χ1v) is 7.01. The zero-order valence-electron chi connectivity index (χ0n) is 8.96. The Morgan fingerprint density at radius 2 is 2.07 bits per heavy atom. The van der Waals surface area contributed by atoms with Gasteiger partial charge in [-0.1, -0.05) is 19.4 Å². The molecular weight excluding hydrogens is 223 g/mol. The minimum absolute atomic E-state index is 0.284. The molecule has 0 fully saturated rings. The number of hydrogen-bond donors (Lipinski definition) is 0. The third-order valence-electron chi connectivity index (χ3n) is 1.34. The lowest BCUT2D eigenvalue weighted by Gasteiger charge is -2.13. The van der Waals surface area contributed by atoms with E-state index in [1.54, 1.807) is 0 Å². The Morgan fingerprint density at radius 3 is 2.50 bits per heavy atom. The van der Waals surface area contributed by atoms with Crippen LogP contribution in [0.5, 0.6) is 0 Å². The second-order valence-corrected chi connectivity index (χ2v) is 6.28. The standard InChI is InChI=1S/C9H18ClO3P/c1-8(2)5-6-12-14(10,11)13-7-9(3)4/h9H,1,5-7H2,2-4H3. The first-order valence-electron chi connectivity index (χ1n) is 4.56. The van der Waals surface area contributed by atoms with Crippen LogP contribution in [0.4, 0.5) is 0 Å². The molecule has 0 rings (SSSR count). The lowest BCUT2D eigenvalue weighted by atomic mass is 10.2. The van der Waals surface area contributed by atoms with Crippen LogP contribution in [0.25, 0.3) is 0 Å². The van der Waals surface area contributed by atoms with Crippen LogP contribution in [0.1, 0.15) is 27.2 Å². The molecular formula is C9H18ClO3P. The fraction of sp³-hybridized carbons (Fsp3) is 0.778. The van der Waals surface area contributed by atoms with E-state index in [0.29, 0.717) is 13.0 Å². The SMILES string of the molecule is C=C(C)CCOP(=O)(Cl)OCC(C)C. The summed E-state index contributed by atoms with van der Waals surface area (Å²) in [5.74, 6) is 0.284. The highest BCUT2D eigenvalue weighted by molar-refractivity contribution is 7.81. The maximum Gasteiger partial charge on any atom is 0.424 e. The van der Waals surface area contributed by atoms with Gasteiger partial charge in [0.2, 0.25) is 0 Å². The highest BCUT2D eigenvalue weighted by Gasteiger charge is 2.20. The molecule has 3 nitrogen and oxygen atoms in total. The van der Waals surface area contributed by atoms with Crippen LogP contribution in [-0.4, -0.2) is 13.2 Å². The van der Waals surface area contributed by atoms with Gasteiger partial charge in [0.15, 0.2) is 0 Å². The van der Waals surface area contributed by atoms with Crippen LogP contribution in [0, 0.1) is 5.92 Å². The van der Waals surface area contributed by atoms with Gasteiger partial charge in [-0.3, -0.25) is 9.05 Å². The topological polar surface area (TPSA) is 35.5 Å². The highest BCUT2D eigenvalue weighted by atomic mass is 35.7. The Bertz CT molecular complexity index is 228. The largest absolute Gasteiger partial charge is 0.424 e. The molecule has 1 atom stereocenters. The number of hydrogen-bond acceptors (Lipinski definition) is 3. The number of rotatable bonds is 7. The molecule has 14 heavy (non-hydrogen) atoms. The first kappa shape index (κ1) is 14.2. The predicted molar refractivity (Wildman–Crippen MR) is 59.6 cm³/mol. The van der Waals surface area contributed by atoms with Crippen molar-refractivity contribution in [2.45, 2.75) is 27.2 Å². The minimum Gasteiger partial charge on any atom is -0.297 e. The van der Waals surface area contributed by atoms with Gasteiger partial charge in [-0.15, -0.1) is 6.58 Å². The Labute approximate surface area is 90.8 Å². The van der Waals surface area contributed by atoms with Crippen molar-refractivity contribution in [2.75, 3.05) is 13.2 Å². The molecule has 0 bridgehead atoms. The lowest BCUT2D eigenvalue weighted by molar-refractivity contribution is 0.201. The Balaban J connectivity index is 3.72. The van der Waals surface area contributed by atoms with E-state index in [4.69, 9.17) is 20.3 Å². The van der Waals surface area contributed by atoms with E-state index in [-0.39, 0.29) is 12.5 Å². The van der Waals surface area contributed by atoms with Gasteiger partial charge in [0.25, 0.3) is 0 Å². The first-order chi connectivity index (χ1) is 6.33. The molecule has 1 unspecified atom stereocenters. The zero-order valence-corrected chi connectivity index (χ0v) is 10.6. The summed E-state index contributed by atoms with van der Waals surface area (Å²) in [6, 6.07) is 0. The second kappa shape index (κ2) is 6.62. The molecule has 0 amide bonds. The van der Waals surface area contributed by atoms with Crippen molar-refractivity contribution < 1.29 is 13.6 Å². The van der Waals surface area contributed by atoms with Gasteiger partial charge in [0, 0.05) is 11.2 Å². The third-order valence-corrected chi connectivity index (χ3v) is 2.87. The molecule has 0 radical (unpaired) electrons. The molecule has 0 saturated heterocycles. The summed E-state index contributed by atoms with van der Waals surface area (Å²) >= 11 is 5.55. The van der Waals surface area contributed by atoms with Crippen molar-refractivity contribution in [2.24, 2.45) is 5.92 Å². The normalized spacial score (nSPS) is 15.5. The van der Waals surface area contributed by atoms with Crippen LogP contribution in [-0.2, 0) is 13.6 Å². The smallest absolute Gasteiger partial charge is 0.297 e. The Morgan fingerprint density at radius 1 is 1.50 bits per heavy atom. The van der Waals surface area contributed by atoms with Crippen molar-refractivity contribution in [3.63, 3.8) is 0 Å². The van der Waals surface area contributed by atoms with Gasteiger partial charge in [0.1, 0.15) is 0 Å². The van der Waals surface area contributed by atoms with Gasteiger partial charge >= 0.3 is 6.95 Å². The maximum atomic E-state index is 11.4. The summed E-state index contributed by atoms with van der Waals surface area (Å²) in [6.07, 6.45) is 0.641. The quantitative estimate of drug-likeness (QED) is 0.499. The molecule has 0 aliphatic carbocycles. The van der Waals surface area contributed by atoms with Crippen molar-refractivity contribution in [3.05, 3.63) is 12.2 Å². The van der Waals surface area contributed by atoms with Crippen LogP contribution in [0.15, 0.2) is 12.2 Å². The predicted octanol–water partition coefficient (Wildman–Crippen LogP) is 3.99. The van der Waals surface area contributed by atoms with Gasteiger partial charge in [0.05, 0.1) is 13.2 Å². The molecule has 0 spiro atoms. The molecule has 0 heterocycles. The van der Waals surface area contributed by atoms with E-state index in [2.05, 4.69) is 6.58 Å². The van der Waals surface area contributed by atoms with Crippen LogP contribution < -0.4 is 0 Å². The Kier molecular flexibility index (Phi) is 6.71. The summed E-state index contributed by atoms with van der Waals surface area (Å²) in [5, 5.41) is 0. The van der Waals surface area contributed by atoms with E-state index in [9.17, 15) is 4.57 Å². The van der Waals surface area contributed by atoms with Gasteiger partial charge < -0.3 is 0 Å². The summed E-state index contributed by atoms with van der Waals surface area (Å²) in [5.41, 5.74) is 0.963. The lowest BCUT2D eigenvalue weighted by Crippen LogP contribution is -2.00. The summed E-state index contributed by atoms with van der Waals surface area (Å²) in [4.78, 5) is 0. The van der Waals surface area contributed by atoms with E-state index >= 15 is 0 Å². The van der Waals surface area contributed by atoms with Crippen molar-refractivity contribution in [1.29, 1.82) is 0 Å². The third kappa shape index (κ3) is 8.76. The molecule has 0 aromatic heterocycles. The fourth-order valence-electron chi connectivity index (χ4n) is 0.604. The molecule has 0 aliphatic rings. The van der Waals surface area contributed by atoms with Gasteiger partial charge in [-0.05, 0) is 19.3 Å². The maximum absolute atomic E-state index is 11.4. The zero-order chi connectivity index (χ0) is 11.2. The summed E-state index contributed by atoms with van der Waals surface area (Å²) < 4.78 is 21.3. The molecule has 0 saturated carbocycles. The molecule has 0 aliphatic heterocycles. The van der Waals surface area contributed by atoms with Crippen molar-refractivity contribution in [3.8, 4) is 0 Å². The molecule has 5 heteroatoms. The van der Waals surface area contributed by atoms with Crippen LogP contribution in [0.2, 0.25) is 0 Å². The second-order valence-electron chi connectivity index (χ2n) is 3.66. The van der Waals surface area contributed by atoms with Gasteiger partial charge in [-0.25, -0.2) is 4.57 Å². The van der Waals surface area contributed by atoms with Gasteiger partial charge in [-0.2, -0.15) is 0 Å². The molecule has 0 N–H and O–H groups in total. The van der Waals surface area contributed by atoms with E-state index in [1.165, 1.54) is 0 Å².